The van der Waals surface area contributed by atoms with Crippen molar-refractivity contribution in [1.82, 2.24) is 19.9 Å². The van der Waals surface area contributed by atoms with E-state index in [9.17, 15) is 0 Å². The fourth-order valence-corrected chi connectivity index (χ4v) is 3.88. The van der Waals surface area contributed by atoms with E-state index in [2.05, 4.69) is 34.1 Å². The Morgan fingerprint density at radius 2 is 1.23 bits per heavy atom. The highest BCUT2D eigenvalue weighted by Gasteiger charge is 2.13. The third kappa shape index (κ3) is 3.06. The number of terminal acetylenes is 1. The van der Waals surface area contributed by atoms with Crippen molar-refractivity contribution in [2.24, 2.45) is 0 Å². The first kappa shape index (κ1) is 17.6. The number of hydrogen-bond donors (Lipinski definition) is 2. The fourth-order valence-electron chi connectivity index (χ4n) is 3.88. The minimum Gasteiger partial charge on any atom is -0.354 e. The van der Waals surface area contributed by atoms with E-state index in [1.807, 2.05) is 69.3 Å². The van der Waals surface area contributed by atoms with Crippen LogP contribution in [0, 0.1) is 38.0 Å². The summed E-state index contributed by atoms with van der Waals surface area (Å²) in [5.74, 6) is 9.13. The Bertz CT molecular complexity index is 1520. The fraction of sp³-hybridized carbons (Fsp3) is 0.111. The van der Waals surface area contributed by atoms with Gasteiger partial charge >= 0.3 is 0 Å². The summed E-state index contributed by atoms with van der Waals surface area (Å²) in [5, 5.41) is 0. The molecule has 3 aromatic rings. The van der Waals surface area contributed by atoms with Crippen LogP contribution in [0.1, 0.15) is 53.3 Å². The summed E-state index contributed by atoms with van der Waals surface area (Å²) in [6, 6.07) is 8.01. The SMILES string of the molecule is [2H]C#Cc1c2ccc([nH]2)c(C)c2nc(c(C#CC)c3nc(c(C)c4ccc1[nH]4)C=C3)C=C2. The average Bonchev–Trinajstić information content (AvgIpc) is 3.61. The lowest BCUT2D eigenvalue weighted by Crippen LogP contribution is -1.89. The smallest absolute Gasteiger partial charge is 0.124 e. The molecule has 0 atom stereocenters. The molecule has 4 nitrogen and oxygen atoms in total. The van der Waals surface area contributed by atoms with E-state index in [0.29, 0.717) is 0 Å². The number of fused-ring (bicyclic) bond motifs is 8. The van der Waals surface area contributed by atoms with E-state index in [-0.39, 0.29) is 0 Å². The first-order chi connectivity index (χ1) is 15.6. The Hall–Kier alpha value is -4.28. The summed E-state index contributed by atoms with van der Waals surface area (Å²) < 4.78 is 7.47. The maximum absolute atomic E-state index is 7.47. The van der Waals surface area contributed by atoms with Crippen LogP contribution in [0.3, 0.4) is 0 Å². The summed E-state index contributed by atoms with van der Waals surface area (Å²) in [6.07, 6.45) is 10.3. The molecule has 2 N–H and O–H groups in total. The highest BCUT2D eigenvalue weighted by Crippen LogP contribution is 2.25. The number of hydrogen-bond acceptors (Lipinski definition) is 2. The van der Waals surface area contributed by atoms with E-state index >= 15 is 0 Å². The van der Waals surface area contributed by atoms with E-state index < -0.39 is 0 Å². The number of aryl methyl sites for hydroxylation is 2. The molecule has 8 bridgehead atoms. The highest BCUT2D eigenvalue weighted by molar-refractivity contribution is 5.85. The van der Waals surface area contributed by atoms with Crippen LogP contribution in [0.2, 0.25) is 0 Å². The molecule has 0 unspecified atom stereocenters. The lowest BCUT2D eigenvalue weighted by Gasteiger charge is -1.97. The summed E-state index contributed by atoms with van der Waals surface area (Å²) in [6.45, 7) is 5.90. The van der Waals surface area contributed by atoms with Gasteiger partial charge in [0, 0.05) is 11.0 Å². The number of nitrogens with zero attached hydrogens (tertiary/aromatic N) is 2. The zero-order chi connectivity index (χ0) is 22.2. The summed E-state index contributed by atoms with van der Waals surface area (Å²) >= 11 is 0. The van der Waals surface area contributed by atoms with Crippen LogP contribution >= 0.6 is 0 Å². The molecule has 5 rings (SSSR count). The molecule has 5 heterocycles. The summed E-state index contributed by atoms with van der Waals surface area (Å²) in [4.78, 5) is 16.6. The molecule has 0 fully saturated rings. The van der Waals surface area contributed by atoms with Crippen molar-refractivity contribution < 1.29 is 1.37 Å². The minimum absolute atomic E-state index is 0.742. The van der Waals surface area contributed by atoms with E-state index in [4.69, 9.17) is 11.3 Å². The minimum atomic E-state index is 0.742. The Morgan fingerprint density at radius 3 is 1.71 bits per heavy atom. The first-order valence-electron chi connectivity index (χ1n) is 10.5. The van der Waals surface area contributed by atoms with Gasteiger partial charge in [0.05, 0.1) is 44.9 Å². The van der Waals surface area contributed by atoms with Crippen molar-refractivity contribution in [2.75, 3.05) is 0 Å². The van der Waals surface area contributed by atoms with Crippen LogP contribution in [-0.4, -0.2) is 19.9 Å². The first-order valence-corrected chi connectivity index (χ1v) is 10.0. The second-order valence-corrected chi connectivity index (χ2v) is 7.50. The van der Waals surface area contributed by atoms with Gasteiger partial charge in [-0.1, -0.05) is 11.8 Å². The third-order valence-corrected chi connectivity index (χ3v) is 5.65. The van der Waals surface area contributed by atoms with Gasteiger partial charge in [-0.25, -0.2) is 9.97 Å². The zero-order valence-corrected chi connectivity index (χ0v) is 17.5. The molecular weight excluding hydrogens is 380 g/mol. The van der Waals surface area contributed by atoms with E-state index in [1.165, 1.54) is 0 Å². The van der Waals surface area contributed by atoms with Gasteiger partial charge in [-0.15, -0.1) is 12.3 Å². The van der Waals surface area contributed by atoms with Gasteiger partial charge in [0.2, 0.25) is 0 Å². The van der Waals surface area contributed by atoms with E-state index in [1.54, 1.807) is 0 Å². The van der Waals surface area contributed by atoms with Crippen LogP contribution in [0.25, 0.3) is 46.4 Å². The Morgan fingerprint density at radius 1 is 0.742 bits per heavy atom. The second kappa shape index (κ2) is 7.20. The van der Waals surface area contributed by atoms with Gasteiger partial charge in [0.15, 0.2) is 0 Å². The van der Waals surface area contributed by atoms with Crippen LogP contribution in [0.5, 0.6) is 0 Å². The Labute approximate surface area is 182 Å². The predicted molar refractivity (Wildman–Crippen MR) is 129 cm³/mol. The molecule has 0 saturated heterocycles. The van der Waals surface area contributed by atoms with Crippen LogP contribution in [0.15, 0.2) is 24.3 Å². The molecule has 0 saturated carbocycles. The molecule has 2 aliphatic heterocycles. The normalized spacial score (nSPS) is 12.0. The number of aromatic amines is 2. The highest BCUT2D eigenvalue weighted by atomic mass is 14.8. The maximum Gasteiger partial charge on any atom is 0.124 e. The second-order valence-electron chi connectivity index (χ2n) is 7.50. The van der Waals surface area contributed by atoms with Crippen molar-refractivity contribution in [3.63, 3.8) is 0 Å². The van der Waals surface area contributed by atoms with Gasteiger partial charge in [0.25, 0.3) is 0 Å². The Kier molecular flexibility index (Phi) is 4.08. The van der Waals surface area contributed by atoms with Crippen molar-refractivity contribution >= 4 is 46.4 Å². The molecule has 2 aliphatic rings. The van der Waals surface area contributed by atoms with Crippen LogP contribution < -0.4 is 0 Å². The molecule has 0 aliphatic carbocycles. The molecule has 0 radical (unpaired) electrons. The molecule has 0 aromatic carbocycles. The number of aromatic nitrogens is 4. The van der Waals surface area contributed by atoms with Crippen molar-refractivity contribution in [3.05, 3.63) is 69.3 Å². The van der Waals surface area contributed by atoms with Gasteiger partial charge in [-0.3, -0.25) is 0 Å². The molecule has 0 amide bonds. The molecule has 3 aromatic heterocycles. The lowest BCUT2D eigenvalue weighted by molar-refractivity contribution is 1.23. The molecule has 0 spiro atoms. The van der Waals surface area contributed by atoms with E-state index in [0.717, 1.165) is 67.1 Å². The van der Waals surface area contributed by atoms with Gasteiger partial charge in [-0.05, 0) is 80.5 Å². The van der Waals surface area contributed by atoms with Crippen LogP contribution in [-0.2, 0) is 0 Å². The van der Waals surface area contributed by atoms with Crippen molar-refractivity contribution in [1.29, 1.82) is 0 Å². The lowest BCUT2D eigenvalue weighted by atomic mass is 10.1. The third-order valence-electron chi connectivity index (χ3n) is 5.65. The molecule has 31 heavy (non-hydrogen) atoms. The number of H-pyrrole nitrogens is 2. The Balaban J connectivity index is 2.00. The average molecular weight is 401 g/mol. The summed E-state index contributed by atoms with van der Waals surface area (Å²) in [5.41, 5.74) is 10.6. The monoisotopic (exact) mass is 401 g/mol. The quantitative estimate of drug-likeness (QED) is 0.331. The largest absolute Gasteiger partial charge is 0.354 e. The molecular formula is C27H20N4. The van der Waals surface area contributed by atoms with Crippen molar-refractivity contribution in [2.45, 2.75) is 20.8 Å². The molecule has 4 heteroatoms. The number of rotatable bonds is 0. The predicted octanol–water partition coefficient (Wildman–Crippen LogP) is 5.63. The van der Waals surface area contributed by atoms with Crippen LogP contribution in [0.4, 0.5) is 0 Å². The van der Waals surface area contributed by atoms with Gasteiger partial charge < -0.3 is 9.97 Å². The van der Waals surface area contributed by atoms with Gasteiger partial charge in [0.1, 0.15) is 1.37 Å². The van der Waals surface area contributed by atoms with Gasteiger partial charge in [-0.2, -0.15) is 0 Å². The summed E-state index contributed by atoms with van der Waals surface area (Å²) in [7, 11) is 0. The maximum atomic E-state index is 7.47. The zero-order valence-electron chi connectivity index (χ0n) is 18.5. The standard InChI is InChI=1S/C27H20N4/c1-5-7-19-26-14-10-22(30-26)16(3)20-8-12-24(28-20)18(6-2)25-13-9-21(29-25)17(4)23-11-15-27(19)31-23/h2,8-15,28-29H,1,3-4H3/i2D. The number of nitrogens with one attached hydrogen (secondary N) is 2. The topological polar surface area (TPSA) is 57.4 Å². The molecule has 148 valence electrons. The van der Waals surface area contributed by atoms with Crippen molar-refractivity contribution in [3.8, 4) is 24.2 Å².